The molecule has 1 atom stereocenters. The molecule has 0 spiro atoms. The van der Waals surface area contributed by atoms with E-state index >= 15 is 0 Å². The molecule has 20 heavy (non-hydrogen) atoms. The number of hydrogen-bond acceptors (Lipinski definition) is 3. The van der Waals surface area contributed by atoms with Gasteiger partial charge < -0.3 is 5.32 Å². The molecule has 0 saturated heterocycles. The lowest BCUT2D eigenvalue weighted by Crippen LogP contribution is -2.27. The Labute approximate surface area is 130 Å². The minimum atomic E-state index is -0.452. The lowest BCUT2D eigenvalue weighted by atomic mass is 10.3. The minimum Gasteiger partial charge on any atom is -0.348 e. The summed E-state index contributed by atoms with van der Waals surface area (Å²) in [5, 5.41) is 4.97. The molecule has 0 aliphatic rings. The maximum Gasteiger partial charge on any atom is 0.230 e. The van der Waals surface area contributed by atoms with Crippen LogP contribution in [0, 0.1) is 5.82 Å². The Hall–Kier alpha value is -1.04. The van der Waals surface area contributed by atoms with E-state index in [9.17, 15) is 9.18 Å². The van der Waals surface area contributed by atoms with Crippen LogP contribution in [0.15, 0.2) is 40.6 Å². The second-order valence-corrected chi connectivity index (χ2v) is 6.60. The molecule has 1 aromatic heterocycles. The van der Waals surface area contributed by atoms with E-state index in [-0.39, 0.29) is 22.7 Å². The van der Waals surface area contributed by atoms with Crippen LogP contribution >= 0.6 is 34.7 Å². The fourth-order valence-corrected chi connectivity index (χ4v) is 3.33. The van der Waals surface area contributed by atoms with Gasteiger partial charge in [0.1, 0.15) is 5.82 Å². The zero-order valence-corrected chi connectivity index (χ0v) is 13.1. The summed E-state index contributed by atoms with van der Waals surface area (Å²) in [6.07, 6.45) is 0. The van der Waals surface area contributed by atoms with Gasteiger partial charge in [-0.2, -0.15) is 0 Å². The summed E-state index contributed by atoms with van der Waals surface area (Å²) in [7, 11) is 0. The molecular weight excluding hydrogens is 317 g/mol. The van der Waals surface area contributed by atoms with Crippen LogP contribution in [0.3, 0.4) is 0 Å². The fourth-order valence-electron chi connectivity index (χ4n) is 1.61. The average Bonchev–Trinajstić information content (AvgIpc) is 2.94. The van der Waals surface area contributed by atoms with Gasteiger partial charge in [0.2, 0.25) is 5.91 Å². The smallest absolute Gasteiger partial charge is 0.230 e. The fraction of sp³-hybridized carbons (Fsp3) is 0.214. The Kier molecular flexibility index (Phi) is 5.46. The molecule has 2 nitrogen and oxygen atoms in total. The van der Waals surface area contributed by atoms with Crippen molar-refractivity contribution in [3.8, 4) is 0 Å². The predicted molar refractivity (Wildman–Crippen MR) is 83.0 cm³/mol. The SMILES string of the molecule is CC(NC(=O)CSc1ccc(F)c(Cl)c1)c1cccs1. The molecule has 1 N–H and O–H groups in total. The number of thioether (sulfide) groups is 1. The van der Waals surface area contributed by atoms with E-state index in [0.717, 1.165) is 9.77 Å². The summed E-state index contributed by atoms with van der Waals surface area (Å²) in [6, 6.07) is 8.39. The normalized spacial score (nSPS) is 12.2. The van der Waals surface area contributed by atoms with E-state index < -0.39 is 5.82 Å². The highest BCUT2D eigenvalue weighted by molar-refractivity contribution is 8.00. The maximum absolute atomic E-state index is 13.0. The number of thiophene rings is 1. The molecule has 0 aliphatic carbocycles. The summed E-state index contributed by atoms with van der Waals surface area (Å²) in [6.45, 7) is 1.95. The van der Waals surface area contributed by atoms with Crippen LogP contribution in [0.2, 0.25) is 5.02 Å². The lowest BCUT2D eigenvalue weighted by molar-refractivity contribution is -0.119. The minimum absolute atomic E-state index is 0.0000873. The molecule has 106 valence electrons. The summed E-state index contributed by atoms with van der Waals surface area (Å²) in [5.74, 6) is -0.236. The largest absolute Gasteiger partial charge is 0.348 e. The first kappa shape index (κ1) is 15.4. The summed E-state index contributed by atoms with van der Waals surface area (Å²) in [5.41, 5.74) is 0. The van der Waals surface area contributed by atoms with Crippen LogP contribution in [-0.2, 0) is 4.79 Å². The second-order valence-electron chi connectivity index (χ2n) is 4.17. The van der Waals surface area contributed by atoms with Crippen molar-refractivity contribution >= 4 is 40.6 Å². The monoisotopic (exact) mass is 329 g/mol. The highest BCUT2D eigenvalue weighted by Gasteiger charge is 2.11. The number of amides is 1. The first-order valence-electron chi connectivity index (χ1n) is 5.97. The number of halogens is 2. The molecule has 0 radical (unpaired) electrons. The molecule has 0 fully saturated rings. The van der Waals surface area contributed by atoms with Crippen molar-refractivity contribution in [1.82, 2.24) is 5.32 Å². The van der Waals surface area contributed by atoms with Gasteiger partial charge in [0.25, 0.3) is 0 Å². The van der Waals surface area contributed by atoms with Gasteiger partial charge in [-0.05, 0) is 36.6 Å². The van der Waals surface area contributed by atoms with E-state index in [1.807, 2.05) is 24.4 Å². The molecule has 0 bridgehead atoms. The van der Waals surface area contributed by atoms with Crippen molar-refractivity contribution in [2.24, 2.45) is 0 Å². The molecular formula is C14H13ClFNOS2. The van der Waals surface area contributed by atoms with Gasteiger partial charge in [0, 0.05) is 9.77 Å². The zero-order valence-electron chi connectivity index (χ0n) is 10.7. The number of rotatable bonds is 5. The van der Waals surface area contributed by atoms with Crippen LogP contribution in [-0.4, -0.2) is 11.7 Å². The van der Waals surface area contributed by atoms with Gasteiger partial charge in [-0.1, -0.05) is 17.7 Å². The van der Waals surface area contributed by atoms with Crippen molar-refractivity contribution in [3.63, 3.8) is 0 Å². The lowest BCUT2D eigenvalue weighted by Gasteiger charge is -2.12. The Morgan fingerprint density at radius 2 is 2.30 bits per heavy atom. The quantitative estimate of drug-likeness (QED) is 0.818. The van der Waals surface area contributed by atoms with Gasteiger partial charge in [-0.25, -0.2) is 4.39 Å². The highest BCUT2D eigenvalue weighted by Crippen LogP contribution is 2.24. The molecule has 2 aromatic rings. The molecule has 6 heteroatoms. The standard InChI is InChI=1S/C14H13ClFNOS2/c1-9(13-3-2-6-19-13)17-14(18)8-20-10-4-5-12(16)11(15)7-10/h2-7,9H,8H2,1H3,(H,17,18). The van der Waals surface area contributed by atoms with Gasteiger partial charge in [0.05, 0.1) is 16.8 Å². The Morgan fingerprint density at radius 1 is 1.50 bits per heavy atom. The number of hydrogen-bond donors (Lipinski definition) is 1. The van der Waals surface area contributed by atoms with Gasteiger partial charge in [-0.15, -0.1) is 23.1 Å². The third kappa shape index (κ3) is 4.23. The molecule has 1 aromatic carbocycles. The first-order chi connectivity index (χ1) is 9.56. The number of nitrogens with one attached hydrogen (secondary N) is 1. The van der Waals surface area contributed by atoms with Crippen LogP contribution in [0.5, 0.6) is 0 Å². The van der Waals surface area contributed by atoms with Crippen LogP contribution in [0.25, 0.3) is 0 Å². The van der Waals surface area contributed by atoms with E-state index in [4.69, 9.17) is 11.6 Å². The van der Waals surface area contributed by atoms with E-state index in [0.29, 0.717) is 0 Å². The highest BCUT2D eigenvalue weighted by atomic mass is 35.5. The third-order valence-electron chi connectivity index (χ3n) is 2.61. The van der Waals surface area contributed by atoms with Crippen LogP contribution < -0.4 is 5.32 Å². The van der Waals surface area contributed by atoms with Gasteiger partial charge >= 0.3 is 0 Å². The van der Waals surface area contributed by atoms with Crippen LogP contribution in [0.1, 0.15) is 17.8 Å². The zero-order chi connectivity index (χ0) is 14.5. The van der Waals surface area contributed by atoms with Crippen molar-refractivity contribution in [2.45, 2.75) is 17.9 Å². The Balaban J connectivity index is 1.84. The Bertz CT molecular complexity index is 589. The predicted octanol–water partition coefficient (Wildman–Crippen LogP) is 4.51. The second kappa shape index (κ2) is 7.11. The number of carbonyl (C=O) groups excluding carboxylic acids is 1. The molecule has 1 amide bonds. The average molecular weight is 330 g/mol. The van der Waals surface area contributed by atoms with E-state index in [2.05, 4.69) is 5.32 Å². The summed E-state index contributed by atoms with van der Waals surface area (Å²) < 4.78 is 13.0. The van der Waals surface area contributed by atoms with E-state index in [1.165, 1.54) is 23.9 Å². The number of carbonyl (C=O) groups is 1. The van der Waals surface area contributed by atoms with Crippen LogP contribution in [0.4, 0.5) is 4.39 Å². The Morgan fingerprint density at radius 3 is 2.95 bits per heavy atom. The van der Waals surface area contributed by atoms with Gasteiger partial charge in [-0.3, -0.25) is 4.79 Å². The summed E-state index contributed by atoms with van der Waals surface area (Å²) >= 11 is 8.63. The van der Waals surface area contributed by atoms with E-state index in [1.54, 1.807) is 17.4 Å². The van der Waals surface area contributed by atoms with Crippen molar-refractivity contribution in [2.75, 3.05) is 5.75 Å². The maximum atomic E-state index is 13.0. The third-order valence-corrected chi connectivity index (χ3v) is 4.95. The number of benzene rings is 1. The molecule has 0 aliphatic heterocycles. The molecule has 1 heterocycles. The molecule has 0 saturated carbocycles. The van der Waals surface area contributed by atoms with Crippen molar-refractivity contribution in [1.29, 1.82) is 0 Å². The molecule has 1 unspecified atom stereocenters. The molecule has 2 rings (SSSR count). The van der Waals surface area contributed by atoms with Gasteiger partial charge in [0.15, 0.2) is 0 Å². The topological polar surface area (TPSA) is 29.1 Å². The first-order valence-corrected chi connectivity index (χ1v) is 8.21. The summed E-state index contributed by atoms with van der Waals surface area (Å²) in [4.78, 5) is 13.7. The van der Waals surface area contributed by atoms with Crippen molar-refractivity contribution < 1.29 is 9.18 Å². The van der Waals surface area contributed by atoms with Crippen molar-refractivity contribution in [3.05, 3.63) is 51.4 Å².